The standard InChI is InChI=1S/C16H27NO3/c1-15(2,3)12(14(19)20)13(18)17-10-8-16(9-11-17)6-4-5-7-16/h12H,4-11H2,1-3H3,(H,19,20). The number of hydrogen-bond donors (Lipinski definition) is 1. The number of piperidine rings is 1. The van der Waals surface area contributed by atoms with Crippen molar-refractivity contribution in [1.82, 2.24) is 4.90 Å². The maximum atomic E-state index is 12.5. The second kappa shape index (κ2) is 5.38. The minimum atomic E-state index is -0.997. The normalized spacial score (nSPS) is 23.9. The van der Waals surface area contributed by atoms with E-state index in [1.165, 1.54) is 25.7 Å². The molecule has 1 amide bonds. The highest BCUT2D eigenvalue weighted by atomic mass is 16.4. The highest BCUT2D eigenvalue weighted by molar-refractivity contribution is 5.97. The Bertz CT molecular complexity index is 381. The molecule has 20 heavy (non-hydrogen) atoms. The van der Waals surface area contributed by atoms with Crippen molar-refractivity contribution in [2.45, 2.75) is 59.3 Å². The van der Waals surface area contributed by atoms with Gasteiger partial charge in [-0.3, -0.25) is 9.59 Å². The quantitative estimate of drug-likeness (QED) is 0.792. The minimum absolute atomic E-state index is 0.196. The lowest BCUT2D eigenvalue weighted by Gasteiger charge is -2.41. The summed E-state index contributed by atoms with van der Waals surface area (Å²) >= 11 is 0. The first-order valence-electron chi connectivity index (χ1n) is 7.77. The van der Waals surface area contributed by atoms with E-state index >= 15 is 0 Å². The van der Waals surface area contributed by atoms with Crippen LogP contribution >= 0.6 is 0 Å². The van der Waals surface area contributed by atoms with Gasteiger partial charge in [0.15, 0.2) is 0 Å². The van der Waals surface area contributed by atoms with Gasteiger partial charge in [-0.05, 0) is 36.5 Å². The number of carbonyl (C=O) groups excluding carboxylic acids is 1. The molecule has 114 valence electrons. The van der Waals surface area contributed by atoms with Crippen molar-refractivity contribution in [3.63, 3.8) is 0 Å². The van der Waals surface area contributed by atoms with E-state index in [4.69, 9.17) is 0 Å². The number of carboxylic acids is 1. The van der Waals surface area contributed by atoms with Gasteiger partial charge in [0, 0.05) is 13.1 Å². The smallest absolute Gasteiger partial charge is 0.316 e. The van der Waals surface area contributed by atoms with Crippen LogP contribution in [0.2, 0.25) is 0 Å². The predicted octanol–water partition coefficient (Wildman–Crippen LogP) is 2.92. The zero-order valence-corrected chi connectivity index (χ0v) is 12.9. The van der Waals surface area contributed by atoms with Crippen molar-refractivity contribution in [1.29, 1.82) is 0 Å². The van der Waals surface area contributed by atoms with E-state index in [-0.39, 0.29) is 5.91 Å². The van der Waals surface area contributed by atoms with Crippen LogP contribution in [0.15, 0.2) is 0 Å². The van der Waals surface area contributed by atoms with Crippen molar-refractivity contribution >= 4 is 11.9 Å². The van der Waals surface area contributed by atoms with Crippen molar-refractivity contribution in [2.24, 2.45) is 16.7 Å². The molecule has 1 atom stereocenters. The summed E-state index contributed by atoms with van der Waals surface area (Å²) in [5.41, 5.74) is -0.0807. The number of amides is 1. The first-order chi connectivity index (χ1) is 9.25. The number of carboxylic acid groups (broad SMARTS) is 1. The van der Waals surface area contributed by atoms with Gasteiger partial charge in [-0.25, -0.2) is 0 Å². The summed E-state index contributed by atoms with van der Waals surface area (Å²) in [6.07, 6.45) is 7.30. The van der Waals surface area contributed by atoms with Crippen molar-refractivity contribution in [2.75, 3.05) is 13.1 Å². The molecule has 1 aliphatic heterocycles. The summed E-state index contributed by atoms with van der Waals surface area (Å²) in [6.45, 7) is 6.95. The number of likely N-dealkylation sites (tertiary alicyclic amines) is 1. The highest BCUT2D eigenvalue weighted by Crippen LogP contribution is 2.46. The molecule has 1 N–H and O–H groups in total. The van der Waals surface area contributed by atoms with Gasteiger partial charge in [0.1, 0.15) is 5.92 Å². The summed E-state index contributed by atoms with van der Waals surface area (Å²) < 4.78 is 0. The Hall–Kier alpha value is -1.06. The lowest BCUT2D eigenvalue weighted by atomic mass is 9.75. The molecule has 1 aliphatic carbocycles. The number of nitrogens with zero attached hydrogens (tertiary/aromatic N) is 1. The Morgan fingerprint density at radius 1 is 1.05 bits per heavy atom. The molecule has 4 heteroatoms. The molecule has 4 nitrogen and oxygen atoms in total. The highest BCUT2D eigenvalue weighted by Gasteiger charge is 2.43. The van der Waals surface area contributed by atoms with Gasteiger partial charge < -0.3 is 10.0 Å². The van der Waals surface area contributed by atoms with E-state index in [2.05, 4.69) is 0 Å². The van der Waals surface area contributed by atoms with Gasteiger partial charge >= 0.3 is 5.97 Å². The lowest BCUT2D eigenvalue weighted by Crippen LogP contribution is -2.49. The molecule has 2 rings (SSSR count). The fourth-order valence-electron chi connectivity index (χ4n) is 3.86. The molecule has 0 aromatic heterocycles. The van der Waals surface area contributed by atoms with Gasteiger partial charge in [-0.15, -0.1) is 0 Å². The van der Waals surface area contributed by atoms with Crippen LogP contribution in [0, 0.1) is 16.7 Å². The maximum Gasteiger partial charge on any atom is 0.316 e. The average Bonchev–Trinajstić information content (AvgIpc) is 2.76. The van der Waals surface area contributed by atoms with Crippen LogP contribution in [-0.4, -0.2) is 35.0 Å². The average molecular weight is 281 g/mol. The predicted molar refractivity (Wildman–Crippen MR) is 77.3 cm³/mol. The van der Waals surface area contributed by atoms with E-state index in [9.17, 15) is 14.7 Å². The number of carbonyl (C=O) groups is 2. The summed E-state index contributed by atoms with van der Waals surface area (Å²) in [6, 6.07) is 0. The Morgan fingerprint density at radius 2 is 1.55 bits per heavy atom. The minimum Gasteiger partial charge on any atom is -0.481 e. The number of hydrogen-bond acceptors (Lipinski definition) is 2. The summed E-state index contributed by atoms with van der Waals surface area (Å²) in [4.78, 5) is 25.8. The van der Waals surface area contributed by atoms with Crippen molar-refractivity contribution in [3.05, 3.63) is 0 Å². The third-order valence-corrected chi connectivity index (χ3v) is 5.16. The Balaban J connectivity index is 2.02. The van der Waals surface area contributed by atoms with Crippen molar-refractivity contribution in [3.8, 4) is 0 Å². The molecule has 1 heterocycles. The van der Waals surface area contributed by atoms with Crippen LogP contribution in [0.4, 0.5) is 0 Å². The first-order valence-corrected chi connectivity index (χ1v) is 7.77. The van der Waals surface area contributed by atoms with Crippen LogP contribution in [0.3, 0.4) is 0 Å². The van der Waals surface area contributed by atoms with E-state index < -0.39 is 17.3 Å². The molecule has 2 fully saturated rings. The lowest BCUT2D eigenvalue weighted by molar-refractivity contribution is -0.157. The second-order valence-corrected chi connectivity index (χ2v) is 7.67. The molecule has 0 radical (unpaired) electrons. The number of rotatable bonds is 2. The van der Waals surface area contributed by atoms with Gasteiger partial charge in [0.05, 0.1) is 0 Å². The largest absolute Gasteiger partial charge is 0.481 e. The Kier molecular flexibility index (Phi) is 4.12. The SMILES string of the molecule is CC(C)(C)C(C(=O)O)C(=O)N1CCC2(CCCC2)CC1. The van der Waals surface area contributed by atoms with Gasteiger partial charge in [0.25, 0.3) is 0 Å². The molecule has 1 unspecified atom stereocenters. The van der Waals surface area contributed by atoms with Crippen LogP contribution in [0.25, 0.3) is 0 Å². The molecule has 0 aromatic rings. The third-order valence-electron chi connectivity index (χ3n) is 5.16. The summed E-state index contributed by atoms with van der Waals surface area (Å²) in [7, 11) is 0. The summed E-state index contributed by atoms with van der Waals surface area (Å²) in [5, 5.41) is 9.37. The Labute approximate surface area is 121 Å². The van der Waals surface area contributed by atoms with E-state index in [1.54, 1.807) is 4.90 Å². The fraction of sp³-hybridized carbons (Fsp3) is 0.875. The van der Waals surface area contributed by atoms with Gasteiger partial charge in [0.2, 0.25) is 5.91 Å². The van der Waals surface area contributed by atoms with Crippen LogP contribution in [0.1, 0.15) is 59.3 Å². The monoisotopic (exact) mass is 281 g/mol. The first kappa shape index (κ1) is 15.3. The number of aliphatic carboxylic acids is 1. The second-order valence-electron chi connectivity index (χ2n) is 7.67. The van der Waals surface area contributed by atoms with E-state index in [1.807, 2.05) is 20.8 Å². The maximum absolute atomic E-state index is 12.5. The molecule has 0 aromatic carbocycles. The third kappa shape index (κ3) is 2.99. The molecule has 1 saturated carbocycles. The van der Waals surface area contributed by atoms with Gasteiger partial charge in [-0.2, -0.15) is 0 Å². The molecule has 1 spiro atoms. The van der Waals surface area contributed by atoms with E-state index in [0.717, 1.165) is 25.9 Å². The Morgan fingerprint density at radius 3 is 1.95 bits per heavy atom. The molecular weight excluding hydrogens is 254 g/mol. The van der Waals surface area contributed by atoms with Crippen molar-refractivity contribution < 1.29 is 14.7 Å². The van der Waals surface area contributed by atoms with Gasteiger partial charge in [-0.1, -0.05) is 33.6 Å². The van der Waals surface area contributed by atoms with E-state index in [0.29, 0.717) is 5.41 Å². The molecular formula is C16H27NO3. The fourth-order valence-corrected chi connectivity index (χ4v) is 3.86. The summed E-state index contributed by atoms with van der Waals surface area (Å²) in [5.74, 6) is -2.12. The topological polar surface area (TPSA) is 57.6 Å². The molecule has 2 aliphatic rings. The van der Waals surface area contributed by atoms with Crippen LogP contribution < -0.4 is 0 Å². The zero-order valence-electron chi connectivity index (χ0n) is 12.9. The molecule has 0 bridgehead atoms. The molecule has 1 saturated heterocycles. The van der Waals surface area contributed by atoms with Crippen LogP contribution in [-0.2, 0) is 9.59 Å². The van der Waals surface area contributed by atoms with Crippen LogP contribution in [0.5, 0.6) is 0 Å². The zero-order chi connectivity index (χ0) is 15.0.